The third-order valence-electron chi connectivity index (χ3n) is 2.34. The Hall–Kier alpha value is -2.04. The largest absolute Gasteiger partial charge is 0.507 e. The van der Waals surface area contributed by atoms with Gasteiger partial charge < -0.3 is 15.3 Å². The molecule has 0 unspecified atom stereocenters. The van der Waals surface area contributed by atoms with Gasteiger partial charge in [0.05, 0.1) is 0 Å². The summed E-state index contributed by atoms with van der Waals surface area (Å²) in [6, 6.07) is 4.08. The average molecular weight is 238 g/mol. The van der Waals surface area contributed by atoms with Crippen LogP contribution in [0.5, 0.6) is 11.5 Å². The Kier molecular flexibility index (Phi) is 4.51. The smallest absolute Gasteiger partial charge is 0.303 e. The number of aliphatic carboxylic acids is 1. The number of ketones is 1. The first-order valence-electron chi connectivity index (χ1n) is 5.28. The number of unbranched alkanes of at least 4 members (excludes halogenated alkanes) is 1. The Labute approximate surface area is 98.3 Å². The molecule has 0 aliphatic carbocycles. The molecule has 0 heterocycles. The van der Waals surface area contributed by atoms with Crippen LogP contribution < -0.4 is 0 Å². The number of carbonyl (C=O) groups excluding carboxylic acids is 1. The molecule has 3 N–H and O–H groups in total. The number of hydrogen-bond acceptors (Lipinski definition) is 4. The number of benzene rings is 1. The van der Waals surface area contributed by atoms with E-state index in [4.69, 9.17) is 5.11 Å². The molecule has 0 aliphatic heterocycles. The summed E-state index contributed by atoms with van der Waals surface area (Å²) in [4.78, 5) is 21.9. The number of phenolic OH excluding ortho intramolecular Hbond substituents is 2. The topological polar surface area (TPSA) is 94.8 Å². The average Bonchev–Trinajstić information content (AvgIpc) is 2.24. The van der Waals surface area contributed by atoms with Crippen molar-refractivity contribution in [3.63, 3.8) is 0 Å². The first-order chi connectivity index (χ1) is 8.02. The molecule has 5 heteroatoms. The monoisotopic (exact) mass is 238 g/mol. The number of hydrogen-bond donors (Lipinski definition) is 3. The summed E-state index contributed by atoms with van der Waals surface area (Å²) < 4.78 is 0. The zero-order valence-electron chi connectivity index (χ0n) is 9.22. The molecule has 92 valence electrons. The van der Waals surface area contributed by atoms with Gasteiger partial charge in [0.2, 0.25) is 0 Å². The van der Waals surface area contributed by atoms with Crippen LogP contribution in [0.2, 0.25) is 0 Å². The Morgan fingerprint density at radius 2 is 1.53 bits per heavy atom. The molecule has 0 bridgehead atoms. The summed E-state index contributed by atoms with van der Waals surface area (Å²) in [6.07, 6.45) is 0.937. The van der Waals surface area contributed by atoms with Gasteiger partial charge in [-0.15, -0.1) is 0 Å². The minimum Gasteiger partial charge on any atom is -0.507 e. The highest BCUT2D eigenvalue weighted by atomic mass is 16.4. The van der Waals surface area contributed by atoms with Gasteiger partial charge >= 0.3 is 5.97 Å². The van der Waals surface area contributed by atoms with Gasteiger partial charge in [0.15, 0.2) is 5.78 Å². The number of phenols is 2. The molecule has 0 saturated heterocycles. The molecular formula is C12H14O5. The lowest BCUT2D eigenvalue weighted by Crippen LogP contribution is -2.01. The quantitative estimate of drug-likeness (QED) is 0.520. The van der Waals surface area contributed by atoms with Gasteiger partial charge in [0.25, 0.3) is 0 Å². The summed E-state index contributed by atoms with van der Waals surface area (Å²) in [5, 5.41) is 27.3. The van der Waals surface area contributed by atoms with Crippen LogP contribution in [0.1, 0.15) is 36.0 Å². The number of carboxylic acid groups (broad SMARTS) is 1. The Morgan fingerprint density at radius 1 is 1.00 bits per heavy atom. The molecule has 0 amide bonds. The van der Waals surface area contributed by atoms with Crippen LogP contribution in [0.4, 0.5) is 0 Å². The second-order valence-corrected chi connectivity index (χ2v) is 3.70. The first kappa shape index (κ1) is 13.0. The van der Waals surface area contributed by atoms with Crippen LogP contribution in [-0.2, 0) is 4.79 Å². The standard InChI is InChI=1S/C12H14O5/c13-8(4-1-2-7-11(16)17)12-9(14)5-3-6-10(12)15/h3,5-6,14-15H,1-2,4,7H2,(H,16,17). The van der Waals surface area contributed by atoms with Crippen molar-refractivity contribution >= 4 is 11.8 Å². The van der Waals surface area contributed by atoms with Crippen LogP contribution in [0, 0.1) is 0 Å². The fourth-order valence-corrected chi connectivity index (χ4v) is 1.50. The summed E-state index contributed by atoms with van der Waals surface area (Å²) in [7, 11) is 0. The minimum atomic E-state index is -0.900. The van der Waals surface area contributed by atoms with Crippen molar-refractivity contribution in [2.45, 2.75) is 25.7 Å². The maximum atomic E-state index is 11.7. The van der Waals surface area contributed by atoms with E-state index in [-0.39, 0.29) is 35.7 Å². The van der Waals surface area contributed by atoms with Crippen molar-refractivity contribution in [1.29, 1.82) is 0 Å². The molecule has 0 spiro atoms. The van der Waals surface area contributed by atoms with Gasteiger partial charge in [-0.2, -0.15) is 0 Å². The molecular weight excluding hydrogens is 224 g/mol. The highest BCUT2D eigenvalue weighted by Crippen LogP contribution is 2.28. The van der Waals surface area contributed by atoms with E-state index in [1.807, 2.05) is 0 Å². The highest BCUT2D eigenvalue weighted by Gasteiger charge is 2.15. The molecule has 1 rings (SSSR count). The highest BCUT2D eigenvalue weighted by molar-refractivity contribution is 6.01. The summed E-state index contributed by atoms with van der Waals surface area (Å²) in [5.74, 6) is -1.80. The second-order valence-electron chi connectivity index (χ2n) is 3.70. The summed E-state index contributed by atoms with van der Waals surface area (Å²) in [5.41, 5.74) is -0.0946. The number of carbonyl (C=O) groups is 2. The third-order valence-corrected chi connectivity index (χ3v) is 2.34. The van der Waals surface area contributed by atoms with Gasteiger partial charge in [-0.3, -0.25) is 9.59 Å². The van der Waals surface area contributed by atoms with Crippen molar-refractivity contribution in [1.82, 2.24) is 0 Å². The number of carboxylic acids is 1. The van der Waals surface area contributed by atoms with Crippen molar-refractivity contribution < 1.29 is 24.9 Å². The lowest BCUT2D eigenvalue weighted by Gasteiger charge is -2.05. The lowest BCUT2D eigenvalue weighted by molar-refractivity contribution is -0.137. The fraction of sp³-hybridized carbons (Fsp3) is 0.333. The molecule has 1 aromatic rings. The second kappa shape index (κ2) is 5.89. The number of Topliss-reactive ketones (excluding diaryl/α,β-unsaturated/α-hetero) is 1. The van der Waals surface area contributed by atoms with Crippen molar-refractivity contribution in [3.05, 3.63) is 23.8 Å². The van der Waals surface area contributed by atoms with E-state index in [2.05, 4.69) is 0 Å². The van der Waals surface area contributed by atoms with Crippen LogP contribution in [0.3, 0.4) is 0 Å². The van der Waals surface area contributed by atoms with Crippen LogP contribution in [-0.4, -0.2) is 27.1 Å². The molecule has 5 nitrogen and oxygen atoms in total. The van der Waals surface area contributed by atoms with E-state index in [9.17, 15) is 19.8 Å². The van der Waals surface area contributed by atoms with E-state index >= 15 is 0 Å². The van der Waals surface area contributed by atoms with E-state index < -0.39 is 5.97 Å². The Bertz CT molecular complexity index is 405. The Morgan fingerprint density at radius 3 is 2.06 bits per heavy atom. The molecule has 0 aromatic heterocycles. The van der Waals surface area contributed by atoms with E-state index in [0.29, 0.717) is 12.8 Å². The summed E-state index contributed by atoms with van der Waals surface area (Å²) in [6.45, 7) is 0. The molecule has 0 radical (unpaired) electrons. The van der Waals surface area contributed by atoms with E-state index in [1.165, 1.54) is 18.2 Å². The van der Waals surface area contributed by atoms with E-state index in [0.717, 1.165) is 0 Å². The minimum absolute atomic E-state index is 0.0139. The van der Waals surface area contributed by atoms with Crippen LogP contribution in [0.25, 0.3) is 0 Å². The zero-order valence-corrected chi connectivity index (χ0v) is 9.22. The molecule has 0 saturated carbocycles. The van der Waals surface area contributed by atoms with Gasteiger partial charge in [0, 0.05) is 12.8 Å². The van der Waals surface area contributed by atoms with Crippen LogP contribution >= 0.6 is 0 Å². The van der Waals surface area contributed by atoms with Gasteiger partial charge in [-0.05, 0) is 25.0 Å². The van der Waals surface area contributed by atoms with Gasteiger partial charge in [-0.25, -0.2) is 0 Å². The summed E-state index contributed by atoms with van der Waals surface area (Å²) >= 11 is 0. The molecule has 0 fully saturated rings. The first-order valence-corrected chi connectivity index (χ1v) is 5.28. The molecule has 17 heavy (non-hydrogen) atoms. The molecule has 0 aliphatic rings. The molecule has 0 atom stereocenters. The lowest BCUT2D eigenvalue weighted by atomic mass is 10.0. The Balaban J connectivity index is 2.55. The molecule has 1 aromatic carbocycles. The van der Waals surface area contributed by atoms with Crippen LogP contribution in [0.15, 0.2) is 18.2 Å². The fourth-order valence-electron chi connectivity index (χ4n) is 1.50. The number of rotatable bonds is 6. The maximum Gasteiger partial charge on any atom is 0.303 e. The zero-order chi connectivity index (χ0) is 12.8. The number of aromatic hydroxyl groups is 2. The SMILES string of the molecule is O=C(O)CCCCC(=O)c1c(O)cccc1O. The predicted octanol–water partition coefficient (Wildman–Crippen LogP) is 1.93. The van der Waals surface area contributed by atoms with Crippen molar-refractivity contribution in [2.75, 3.05) is 0 Å². The third kappa shape index (κ3) is 3.79. The predicted molar refractivity (Wildman–Crippen MR) is 60.2 cm³/mol. The van der Waals surface area contributed by atoms with Crippen molar-refractivity contribution in [3.8, 4) is 11.5 Å². The van der Waals surface area contributed by atoms with E-state index in [1.54, 1.807) is 0 Å². The normalized spacial score (nSPS) is 10.1. The van der Waals surface area contributed by atoms with Gasteiger partial charge in [0.1, 0.15) is 17.1 Å². The maximum absolute atomic E-state index is 11.7. The van der Waals surface area contributed by atoms with Crippen molar-refractivity contribution in [2.24, 2.45) is 0 Å². The van der Waals surface area contributed by atoms with Gasteiger partial charge in [-0.1, -0.05) is 6.07 Å².